The van der Waals surface area contributed by atoms with Gasteiger partial charge in [0.2, 0.25) is 0 Å². The first kappa shape index (κ1) is 15.5. The summed E-state index contributed by atoms with van der Waals surface area (Å²) in [5, 5.41) is 21.5. The molecule has 0 saturated carbocycles. The van der Waals surface area contributed by atoms with Crippen molar-refractivity contribution < 1.29 is 15.0 Å². The number of aliphatic hydroxyl groups is 1. The summed E-state index contributed by atoms with van der Waals surface area (Å²) in [4.78, 5) is 12.6. The Balaban J connectivity index is 2.69. The van der Waals surface area contributed by atoms with Crippen LogP contribution in [0.3, 0.4) is 0 Å². The average Bonchev–Trinajstić information content (AvgIpc) is 2.40. The Morgan fingerprint density at radius 2 is 2.00 bits per heavy atom. The second-order valence-corrected chi connectivity index (χ2v) is 4.39. The number of rotatable bonds is 8. The van der Waals surface area contributed by atoms with E-state index in [1.54, 1.807) is 7.05 Å². The summed E-state index contributed by atoms with van der Waals surface area (Å²) in [6.07, 6.45) is -0.397. The van der Waals surface area contributed by atoms with Crippen LogP contribution in [0.2, 0.25) is 0 Å². The number of carboxylic acids is 1. The Hall–Kier alpha value is -1.59. The van der Waals surface area contributed by atoms with E-state index in [2.05, 4.69) is 5.32 Å². The van der Waals surface area contributed by atoms with Crippen molar-refractivity contribution in [2.75, 3.05) is 31.6 Å². The van der Waals surface area contributed by atoms with Crippen LogP contribution in [0.4, 0.5) is 5.69 Å². The Bertz CT molecular complexity index is 392. The van der Waals surface area contributed by atoms with Gasteiger partial charge in [-0.3, -0.25) is 4.79 Å². The van der Waals surface area contributed by atoms with Gasteiger partial charge in [-0.15, -0.1) is 0 Å². The summed E-state index contributed by atoms with van der Waals surface area (Å²) in [6.45, 7) is 3.75. The normalized spacial score (nSPS) is 12.2. The summed E-state index contributed by atoms with van der Waals surface area (Å²) in [5.74, 6) is -0.792. The Labute approximate surface area is 113 Å². The van der Waals surface area contributed by atoms with Crippen molar-refractivity contribution >= 4 is 11.7 Å². The van der Waals surface area contributed by atoms with Crippen molar-refractivity contribution in [1.82, 2.24) is 5.32 Å². The predicted molar refractivity (Wildman–Crippen MR) is 75.5 cm³/mol. The van der Waals surface area contributed by atoms with E-state index in [-0.39, 0.29) is 6.42 Å². The number of benzene rings is 1. The van der Waals surface area contributed by atoms with Gasteiger partial charge in [0.15, 0.2) is 0 Å². The van der Waals surface area contributed by atoms with E-state index >= 15 is 0 Å². The van der Waals surface area contributed by atoms with Crippen LogP contribution in [0.15, 0.2) is 24.3 Å². The second kappa shape index (κ2) is 7.76. The molecule has 106 valence electrons. The van der Waals surface area contributed by atoms with Gasteiger partial charge in [-0.1, -0.05) is 12.1 Å². The molecule has 3 N–H and O–H groups in total. The maximum Gasteiger partial charge on any atom is 0.305 e. The van der Waals surface area contributed by atoms with Crippen LogP contribution in [0, 0.1) is 0 Å². The van der Waals surface area contributed by atoms with Crippen LogP contribution in [0.5, 0.6) is 0 Å². The van der Waals surface area contributed by atoms with E-state index in [4.69, 9.17) is 5.11 Å². The van der Waals surface area contributed by atoms with Crippen molar-refractivity contribution in [2.24, 2.45) is 0 Å². The van der Waals surface area contributed by atoms with Gasteiger partial charge in [-0.05, 0) is 31.7 Å². The molecule has 0 aliphatic carbocycles. The summed E-state index contributed by atoms with van der Waals surface area (Å²) < 4.78 is 0. The number of hydrogen-bond donors (Lipinski definition) is 3. The van der Waals surface area contributed by atoms with Crippen molar-refractivity contribution in [3.63, 3.8) is 0 Å². The van der Waals surface area contributed by atoms with E-state index in [0.717, 1.165) is 17.8 Å². The molecule has 5 heteroatoms. The molecule has 0 aliphatic rings. The lowest BCUT2D eigenvalue weighted by Crippen LogP contribution is -2.25. The van der Waals surface area contributed by atoms with Gasteiger partial charge in [-0.25, -0.2) is 0 Å². The minimum atomic E-state index is -0.792. The SMILES string of the molecule is CCN(CCC(=O)O)c1ccc(C(O)CNC)cc1. The molecule has 1 aromatic carbocycles. The highest BCUT2D eigenvalue weighted by molar-refractivity contribution is 5.67. The molecule has 0 bridgehead atoms. The Morgan fingerprint density at radius 1 is 1.37 bits per heavy atom. The lowest BCUT2D eigenvalue weighted by molar-refractivity contribution is -0.136. The fourth-order valence-corrected chi connectivity index (χ4v) is 1.92. The molecule has 1 rings (SSSR count). The van der Waals surface area contributed by atoms with Crippen LogP contribution in [-0.4, -0.2) is 42.9 Å². The number of hydrogen-bond acceptors (Lipinski definition) is 4. The van der Waals surface area contributed by atoms with Gasteiger partial charge in [0.1, 0.15) is 0 Å². The lowest BCUT2D eigenvalue weighted by Gasteiger charge is -2.23. The van der Waals surface area contributed by atoms with Gasteiger partial charge in [0.05, 0.1) is 12.5 Å². The van der Waals surface area contributed by atoms with Crippen molar-refractivity contribution in [2.45, 2.75) is 19.4 Å². The largest absolute Gasteiger partial charge is 0.481 e. The third-order valence-electron chi connectivity index (χ3n) is 3.02. The fourth-order valence-electron chi connectivity index (χ4n) is 1.92. The number of nitrogens with zero attached hydrogens (tertiary/aromatic N) is 1. The van der Waals surface area contributed by atoms with Crippen molar-refractivity contribution in [3.8, 4) is 0 Å². The van der Waals surface area contributed by atoms with E-state index in [0.29, 0.717) is 13.1 Å². The highest BCUT2D eigenvalue weighted by atomic mass is 16.4. The summed E-state index contributed by atoms with van der Waals surface area (Å²) >= 11 is 0. The monoisotopic (exact) mass is 266 g/mol. The number of aliphatic carboxylic acids is 1. The van der Waals surface area contributed by atoms with Gasteiger partial charge < -0.3 is 20.4 Å². The quantitative estimate of drug-likeness (QED) is 0.660. The fraction of sp³-hybridized carbons (Fsp3) is 0.500. The van der Waals surface area contributed by atoms with E-state index in [9.17, 15) is 9.90 Å². The van der Waals surface area contributed by atoms with Crippen LogP contribution >= 0.6 is 0 Å². The van der Waals surface area contributed by atoms with E-state index in [1.165, 1.54) is 0 Å². The van der Waals surface area contributed by atoms with Crippen LogP contribution in [0.25, 0.3) is 0 Å². The average molecular weight is 266 g/mol. The second-order valence-electron chi connectivity index (χ2n) is 4.39. The molecular formula is C14H22N2O3. The molecule has 19 heavy (non-hydrogen) atoms. The zero-order valence-electron chi connectivity index (χ0n) is 11.5. The first-order chi connectivity index (χ1) is 9.08. The predicted octanol–water partition coefficient (Wildman–Crippen LogP) is 1.24. The number of likely N-dealkylation sites (N-methyl/N-ethyl adjacent to an activating group) is 1. The van der Waals surface area contributed by atoms with E-state index < -0.39 is 12.1 Å². The minimum absolute atomic E-state index is 0.123. The molecule has 0 heterocycles. The molecule has 0 fully saturated rings. The molecule has 0 spiro atoms. The highest BCUT2D eigenvalue weighted by Crippen LogP contribution is 2.19. The van der Waals surface area contributed by atoms with Gasteiger partial charge >= 0.3 is 5.97 Å². The zero-order chi connectivity index (χ0) is 14.3. The minimum Gasteiger partial charge on any atom is -0.481 e. The lowest BCUT2D eigenvalue weighted by atomic mass is 10.1. The number of carboxylic acid groups (broad SMARTS) is 1. The maximum atomic E-state index is 10.6. The highest BCUT2D eigenvalue weighted by Gasteiger charge is 2.09. The van der Waals surface area contributed by atoms with Gasteiger partial charge in [0, 0.05) is 25.3 Å². The van der Waals surface area contributed by atoms with E-state index in [1.807, 2.05) is 36.1 Å². The molecule has 1 aromatic rings. The summed E-state index contributed by atoms with van der Waals surface area (Å²) in [5.41, 5.74) is 1.83. The first-order valence-corrected chi connectivity index (χ1v) is 6.47. The van der Waals surface area contributed by atoms with Crippen LogP contribution in [0.1, 0.15) is 25.0 Å². The number of anilines is 1. The van der Waals surface area contributed by atoms with Crippen molar-refractivity contribution in [3.05, 3.63) is 29.8 Å². The number of carbonyl (C=O) groups is 1. The topological polar surface area (TPSA) is 72.8 Å². The molecular weight excluding hydrogens is 244 g/mol. The maximum absolute atomic E-state index is 10.6. The Morgan fingerprint density at radius 3 is 2.47 bits per heavy atom. The molecule has 0 saturated heterocycles. The molecule has 0 radical (unpaired) electrons. The van der Waals surface area contributed by atoms with Gasteiger partial charge in [0.25, 0.3) is 0 Å². The standard InChI is InChI=1S/C14H22N2O3/c1-3-16(9-8-14(18)19)12-6-4-11(5-7-12)13(17)10-15-2/h4-7,13,15,17H,3,8-10H2,1-2H3,(H,18,19). The van der Waals surface area contributed by atoms with Gasteiger partial charge in [-0.2, -0.15) is 0 Å². The molecule has 0 aliphatic heterocycles. The van der Waals surface area contributed by atoms with Crippen molar-refractivity contribution in [1.29, 1.82) is 0 Å². The third-order valence-corrected chi connectivity index (χ3v) is 3.02. The zero-order valence-corrected chi connectivity index (χ0v) is 11.5. The molecule has 1 atom stereocenters. The molecule has 1 unspecified atom stereocenters. The smallest absolute Gasteiger partial charge is 0.305 e. The molecule has 0 aromatic heterocycles. The first-order valence-electron chi connectivity index (χ1n) is 6.47. The summed E-state index contributed by atoms with van der Waals surface area (Å²) in [7, 11) is 1.79. The molecule has 0 amide bonds. The third kappa shape index (κ3) is 4.89. The summed E-state index contributed by atoms with van der Waals surface area (Å²) in [6, 6.07) is 7.58. The number of aliphatic hydroxyl groups excluding tert-OH is 1. The van der Waals surface area contributed by atoms with Crippen LogP contribution in [-0.2, 0) is 4.79 Å². The Kier molecular flexibility index (Phi) is 6.32. The number of nitrogens with one attached hydrogen (secondary N) is 1. The van der Waals surface area contributed by atoms with Crippen LogP contribution < -0.4 is 10.2 Å². The molecule has 5 nitrogen and oxygen atoms in total.